The largest absolute Gasteiger partial charge is 0.481 e. The van der Waals surface area contributed by atoms with Gasteiger partial charge in [0.05, 0.1) is 15.6 Å². The molecule has 1 N–H and O–H groups in total. The van der Waals surface area contributed by atoms with Crippen LogP contribution in [0.25, 0.3) is 0 Å². The van der Waals surface area contributed by atoms with E-state index in [0.29, 0.717) is 6.54 Å². The van der Waals surface area contributed by atoms with Crippen LogP contribution in [-0.4, -0.2) is 28.4 Å². The van der Waals surface area contributed by atoms with Gasteiger partial charge in [-0.3, -0.25) is 9.59 Å². The second-order valence-corrected chi connectivity index (χ2v) is 8.17. The molecule has 0 radical (unpaired) electrons. The molecule has 0 aliphatic carbocycles. The molecule has 1 amide bonds. The minimum atomic E-state index is -0.888. The summed E-state index contributed by atoms with van der Waals surface area (Å²) in [7, 11) is 0. The molecule has 2 atom stereocenters. The van der Waals surface area contributed by atoms with Crippen LogP contribution in [0.3, 0.4) is 0 Å². The first-order valence-corrected chi connectivity index (χ1v) is 8.93. The maximum absolute atomic E-state index is 12.8. The highest BCUT2D eigenvalue weighted by molar-refractivity contribution is 9.11. The fourth-order valence-corrected chi connectivity index (χ4v) is 4.41. The summed E-state index contributed by atoms with van der Waals surface area (Å²) in [5, 5.41) is 9.50. The Morgan fingerprint density at radius 2 is 2.04 bits per heavy atom. The predicted octanol–water partition coefficient (Wildman–Crippen LogP) is 3.82. The van der Waals surface area contributed by atoms with Crippen LogP contribution in [0.4, 0.5) is 0 Å². The number of carboxylic acids is 1. The lowest BCUT2D eigenvalue weighted by Crippen LogP contribution is -2.42. The summed E-state index contributed by atoms with van der Waals surface area (Å²) in [4.78, 5) is 27.0. The van der Waals surface area contributed by atoms with Crippen molar-refractivity contribution < 1.29 is 14.7 Å². The van der Waals surface area contributed by atoms with E-state index in [1.165, 1.54) is 11.3 Å². The number of halogens is 1. The molecule has 2 aromatic rings. The summed E-state index contributed by atoms with van der Waals surface area (Å²) in [5.74, 6) is -1.85. The van der Waals surface area contributed by atoms with Crippen LogP contribution in [0.15, 0.2) is 40.2 Å². The third-order valence-electron chi connectivity index (χ3n) is 4.20. The smallest absolute Gasteiger partial charge is 0.312 e. The maximum Gasteiger partial charge on any atom is 0.312 e. The molecular formula is C17H16BrNO3S. The number of benzene rings is 1. The van der Waals surface area contributed by atoms with Crippen LogP contribution in [-0.2, 0) is 16.1 Å². The van der Waals surface area contributed by atoms with Gasteiger partial charge in [0.25, 0.3) is 0 Å². The number of thiophene rings is 1. The highest BCUT2D eigenvalue weighted by atomic mass is 79.9. The van der Waals surface area contributed by atoms with Gasteiger partial charge in [-0.2, -0.15) is 0 Å². The predicted molar refractivity (Wildman–Crippen MR) is 92.7 cm³/mol. The molecule has 6 heteroatoms. The van der Waals surface area contributed by atoms with Crippen molar-refractivity contribution in [1.82, 2.24) is 4.90 Å². The summed E-state index contributed by atoms with van der Waals surface area (Å²) in [6, 6.07) is 11.3. The van der Waals surface area contributed by atoms with Crippen molar-refractivity contribution in [1.29, 1.82) is 0 Å². The van der Waals surface area contributed by atoms with Crippen molar-refractivity contribution in [2.24, 2.45) is 0 Å². The van der Waals surface area contributed by atoms with Gasteiger partial charge in [0.15, 0.2) is 0 Å². The number of amides is 1. The number of hydrogen-bond donors (Lipinski definition) is 1. The lowest BCUT2D eigenvalue weighted by Gasteiger charge is -2.34. The molecule has 1 aliphatic rings. The minimum Gasteiger partial charge on any atom is -0.481 e. The molecule has 1 aromatic carbocycles. The average molecular weight is 394 g/mol. The van der Waals surface area contributed by atoms with Crippen molar-refractivity contribution in [2.75, 3.05) is 6.54 Å². The van der Waals surface area contributed by atoms with E-state index in [0.717, 1.165) is 19.8 Å². The zero-order valence-corrected chi connectivity index (χ0v) is 14.9. The summed E-state index contributed by atoms with van der Waals surface area (Å²) < 4.78 is 0.986. The second-order valence-electron chi connectivity index (χ2n) is 5.67. The fraction of sp³-hybridized carbons (Fsp3) is 0.294. The topological polar surface area (TPSA) is 57.6 Å². The van der Waals surface area contributed by atoms with E-state index < -0.39 is 11.9 Å². The third kappa shape index (κ3) is 3.19. The summed E-state index contributed by atoms with van der Waals surface area (Å²) in [6.07, 6.45) is 0. The Bertz CT molecular complexity index is 758. The molecule has 2 heterocycles. The Morgan fingerprint density at radius 1 is 1.30 bits per heavy atom. The number of carboxylic acid groups (broad SMARTS) is 1. The highest BCUT2D eigenvalue weighted by Gasteiger charge is 2.34. The number of carbonyl (C=O) groups excluding carboxylic acids is 1. The van der Waals surface area contributed by atoms with Gasteiger partial charge in [0.2, 0.25) is 5.91 Å². The first-order chi connectivity index (χ1) is 11.0. The number of carbonyl (C=O) groups is 2. The van der Waals surface area contributed by atoms with E-state index in [1.54, 1.807) is 4.90 Å². The molecule has 2 unspecified atom stereocenters. The Labute approximate surface area is 146 Å². The van der Waals surface area contributed by atoms with Crippen LogP contribution in [0.5, 0.6) is 0 Å². The Morgan fingerprint density at radius 3 is 2.70 bits per heavy atom. The number of rotatable bonds is 3. The molecule has 1 aliphatic heterocycles. The van der Waals surface area contributed by atoms with Gasteiger partial charge in [-0.05, 0) is 46.1 Å². The van der Waals surface area contributed by atoms with Crippen molar-refractivity contribution in [3.63, 3.8) is 0 Å². The molecule has 1 aromatic heterocycles. The minimum absolute atomic E-state index is 0.0277. The fourth-order valence-electron chi connectivity index (χ4n) is 2.94. The van der Waals surface area contributed by atoms with Crippen LogP contribution in [0.2, 0.25) is 0 Å². The molecule has 0 saturated carbocycles. The van der Waals surface area contributed by atoms with Gasteiger partial charge in [0.1, 0.15) is 0 Å². The van der Waals surface area contributed by atoms with Gasteiger partial charge in [-0.1, -0.05) is 24.3 Å². The molecule has 0 bridgehead atoms. The summed E-state index contributed by atoms with van der Waals surface area (Å²) >= 11 is 4.95. The Hall–Kier alpha value is -1.66. The van der Waals surface area contributed by atoms with E-state index in [2.05, 4.69) is 15.9 Å². The van der Waals surface area contributed by atoms with Gasteiger partial charge >= 0.3 is 5.97 Å². The monoisotopic (exact) mass is 393 g/mol. The van der Waals surface area contributed by atoms with Crippen LogP contribution in [0, 0.1) is 0 Å². The molecule has 0 fully saturated rings. The average Bonchev–Trinajstić information content (AvgIpc) is 2.98. The lowest BCUT2D eigenvalue weighted by atomic mass is 9.89. The number of aliphatic carboxylic acids is 1. The van der Waals surface area contributed by atoms with Crippen molar-refractivity contribution in [3.05, 3.63) is 56.2 Å². The lowest BCUT2D eigenvalue weighted by molar-refractivity contribution is -0.141. The zero-order chi connectivity index (χ0) is 16.6. The van der Waals surface area contributed by atoms with Crippen molar-refractivity contribution in [2.45, 2.75) is 25.3 Å². The van der Waals surface area contributed by atoms with E-state index >= 15 is 0 Å². The second kappa shape index (κ2) is 6.45. The van der Waals surface area contributed by atoms with Crippen LogP contribution >= 0.6 is 27.3 Å². The first kappa shape index (κ1) is 16.2. The van der Waals surface area contributed by atoms with Crippen molar-refractivity contribution >= 4 is 39.1 Å². The zero-order valence-electron chi connectivity index (χ0n) is 12.5. The third-order valence-corrected chi connectivity index (χ3v) is 6.00. The van der Waals surface area contributed by atoms with Gasteiger partial charge in [-0.25, -0.2) is 0 Å². The molecule has 3 rings (SSSR count). The standard InChI is InChI=1S/C17H16BrNO3S/c1-10(14-6-7-15(18)23-14)16(20)19-8-11-4-2-3-5-12(11)13(9-19)17(21)22/h2-7,10,13H,8-9H2,1H3,(H,21,22). The van der Waals surface area contributed by atoms with Gasteiger partial charge < -0.3 is 10.0 Å². The Kier molecular flexibility index (Phi) is 4.55. The summed E-state index contributed by atoms with van der Waals surface area (Å²) in [6.45, 7) is 2.56. The molecule has 0 spiro atoms. The number of fused-ring (bicyclic) bond motifs is 1. The van der Waals surface area contributed by atoms with Crippen LogP contribution in [0.1, 0.15) is 34.8 Å². The molecule has 120 valence electrons. The Balaban J connectivity index is 1.86. The van der Waals surface area contributed by atoms with E-state index in [1.807, 2.05) is 43.3 Å². The highest BCUT2D eigenvalue weighted by Crippen LogP contribution is 2.33. The SMILES string of the molecule is CC(C(=O)N1Cc2ccccc2C(C(=O)O)C1)c1ccc(Br)s1. The molecule has 0 saturated heterocycles. The molecule has 23 heavy (non-hydrogen) atoms. The van der Waals surface area contributed by atoms with E-state index in [4.69, 9.17) is 0 Å². The maximum atomic E-state index is 12.8. The van der Waals surface area contributed by atoms with E-state index in [-0.39, 0.29) is 18.4 Å². The number of hydrogen-bond acceptors (Lipinski definition) is 3. The number of nitrogens with zero attached hydrogens (tertiary/aromatic N) is 1. The normalized spacial score (nSPS) is 18.3. The van der Waals surface area contributed by atoms with Gasteiger partial charge in [-0.15, -0.1) is 11.3 Å². The van der Waals surface area contributed by atoms with Crippen molar-refractivity contribution in [3.8, 4) is 0 Å². The first-order valence-electron chi connectivity index (χ1n) is 7.32. The summed E-state index contributed by atoms with van der Waals surface area (Å²) in [5.41, 5.74) is 1.73. The van der Waals surface area contributed by atoms with Gasteiger partial charge in [0, 0.05) is 18.0 Å². The van der Waals surface area contributed by atoms with Crippen LogP contribution < -0.4 is 0 Å². The van der Waals surface area contributed by atoms with E-state index in [9.17, 15) is 14.7 Å². The molecular weight excluding hydrogens is 378 g/mol. The quantitative estimate of drug-likeness (QED) is 0.861. The molecule has 4 nitrogen and oxygen atoms in total.